The standard InChI is InChI=1S/C18H24N4S2/c1-21-9-11-22(12-10-21)16(17-8-5-13-24-17)14-19-18(23)20-15-6-3-2-4-7-15/h2-8,13,16H,9-12,14H2,1H3,(H2,19,20,23). The fourth-order valence-electron chi connectivity index (χ4n) is 2.91. The van der Waals surface area contributed by atoms with E-state index < -0.39 is 0 Å². The third-order valence-electron chi connectivity index (χ3n) is 4.34. The highest BCUT2D eigenvalue weighted by Gasteiger charge is 2.24. The third kappa shape index (κ3) is 4.77. The van der Waals surface area contributed by atoms with Gasteiger partial charge in [0.2, 0.25) is 0 Å². The van der Waals surface area contributed by atoms with E-state index in [-0.39, 0.29) is 0 Å². The van der Waals surface area contributed by atoms with Gasteiger partial charge in [0.25, 0.3) is 0 Å². The zero-order valence-corrected chi connectivity index (χ0v) is 15.6. The number of hydrogen-bond acceptors (Lipinski definition) is 4. The van der Waals surface area contributed by atoms with E-state index in [9.17, 15) is 0 Å². The number of rotatable bonds is 5. The van der Waals surface area contributed by atoms with Crippen LogP contribution in [0.5, 0.6) is 0 Å². The van der Waals surface area contributed by atoms with E-state index in [1.807, 2.05) is 41.7 Å². The van der Waals surface area contributed by atoms with Gasteiger partial charge in [-0.25, -0.2) is 0 Å². The molecule has 1 unspecified atom stereocenters. The molecule has 2 heterocycles. The van der Waals surface area contributed by atoms with Crippen molar-refractivity contribution in [2.45, 2.75) is 6.04 Å². The lowest BCUT2D eigenvalue weighted by molar-refractivity contribution is 0.114. The van der Waals surface area contributed by atoms with Crippen LogP contribution >= 0.6 is 23.6 Å². The summed E-state index contributed by atoms with van der Waals surface area (Å²) < 4.78 is 0. The van der Waals surface area contributed by atoms with Gasteiger partial charge in [0.1, 0.15) is 0 Å². The quantitative estimate of drug-likeness (QED) is 0.801. The molecule has 0 amide bonds. The molecule has 4 nitrogen and oxygen atoms in total. The van der Waals surface area contributed by atoms with Gasteiger partial charge < -0.3 is 15.5 Å². The van der Waals surface area contributed by atoms with Gasteiger partial charge in [-0.1, -0.05) is 24.3 Å². The number of para-hydroxylation sites is 1. The van der Waals surface area contributed by atoms with Crippen LogP contribution in [0.3, 0.4) is 0 Å². The number of hydrogen-bond donors (Lipinski definition) is 2. The van der Waals surface area contributed by atoms with Crippen molar-refractivity contribution in [3.8, 4) is 0 Å². The van der Waals surface area contributed by atoms with E-state index in [0.717, 1.165) is 38.4 Å². The Labute approximate surface area is 153 Å². The Kier molecular flexibility index (Phi) is 6.20. The smallest absolute Gasteiger partial charge is 0.170 e. The number of benzene rings is 1. The summed E-state index contributed by atoms with van der Waals surface area (Å²) >= 11 is 7.28. The number of nitrogens with one attached hydrogen (secondary N) is 2. The van der Waals surface area contributed by atoms with Crippen molar-refractivity contribution in [1.82, 2.24) is 15.1 Å². The van der Waals surface area contributed by atoms with E-state index in [4.69, 9.17) is 12.2 Å². The minimum Gasteiger partial charge on any atom is -0.360 e. The lowest BCUT2D eigenvalue weighted by Gasteiger charge is -2.37. The molecular weight excluding hydrogens is 336 g/mol. The van der Waals surface area contributed by atoms with Crippen LogP contribution in [0.1, 0.15) is 10.9 Å². The Morgan fingerprint density at radius 3 is 2.54 bits per heavy atom. The highest BCUT2D eigenvalue weighted by Crippen LogP contribution is 2.25. The minimum absolute atomic E-state index is 0.370. The van der Waals surface area contributed by atoms with Crippen LogP contribution in [0.25, 0.3) is 0 Å². The van der Waals surface area contributed by atoms with Crippen LogP contribution in [0.2, 0.25) is 0 Å². The van der Waals surface area contributed by atoms with Crippen LogP contribution in [0.15, 0.2) is 47.8 Å². The van der Waals surface area contributed by atoms with Gasteiger partial charge in [-0.3, -0.25) is 4.90 Å². The van der Waals surface area contributed by atoms with Gasteiger partial charge in [-0.05, 0) is 42.8 Å². The summed E-state index contributed by atoms with van der Waals surface area (Å²) in [6, 6.07) is 14.8. The molecule has 6 heteroatoms. The van der Waals surface area contributed by atoms with Gasteiger partial charge in [0.05, 0.1) is 6.04 Å². The maximum Gasteiger partial charge on any atom is 0.170 e. The molecule has 2 N–H and O–H groups in total. The third-order valence-corrected chi connectivity index (χ3v) is 5.56. The van der Waals surface area contributed by atoms with Crippen LogP contribution in [-0.4, -0.2) is 54.7 Å². The topological polar surface area (TPSA) is 30.5 Å². The van der Waals surface area contributed by atoms with Crippen molar-refractivity contribution in [3.63, 3.8) is 0 Å². The molecule has 0 saturated carbocycles. The predicted octanol–water partition coefficient (Wildman–Crippen LogP) is 3.02. The van der Waals surface area contributed by atoms with Gasteiger partial charge in [0.15, 0.2) is 5.11 Å². The fourth-order valence-corrected chi connectivity index (χ4v) is 3.97. The molecule has 1 aromatic carbocycles. The van der Waals surface area contributed by atoms with Crippen molar-refractivity contribution >= 4 is 34.4 Å². The van der Waals surface area contributed by atoms with Crippen molar-refractivity contribution in [3.05, 3.63) is 52.7 Å². The van der Waals surface area contributed by atoms with E-state index >= 15 is 0 Å². The van der Waals surface area contributed by atoms with Crippen LogP contribution in [-0.2, 0) is 0 Å². The molecular formula is C18H24N4S2. The number of piperazine rings is 1. The fraction of sp³-hybridized carbons (Fsp3) is 0.389. The van der Waals surface area contributed by atoms with E-state index in [1.165, 1.54) is 4.88 Å². The molecule has 1 aliphatic rings. The zero-order valence-electron chi connectivity index (χ0n) is 13.9. The van der Waals surface area contributed by atoms with Crippen molar-refractivity contribution in [2.24, 2.45) is 0 Å². The average molecular weight is 361 g/mol. The first-order chi connectivity index (χ1) is 11.7. The monoisotopic (exact) mass is 360 g/mol. The lowest BCUT2D eigenvalue weighted by Crippen LogP contribution is -2.48. The first kappa shape index (κ1) is 17.4. The highest BCUT2D eigenvalue weighted by atomic mass is 32.1. The largest absolute Gasteiger partial charge is 0.360 e. The second kappa shape index (κ2) is 8.58. The summed E-state index contributed by atoms with van der Waals surface area (Å²) in [6.45, 7) is 5.26. The molecule has 3 rings (SSSR count). The summed E-state index contributed by atoms with van der Waals surface area (Å²) in [4.78, 5) is 6.34. The summed E-state index contributed by atoms with van der Waals surface area (Å²) in [6.07, 6.45) is 0. The first-order valence-electron chi connectivity index (χ1n) is 8.28. The van der Waals surface area contributed by atoms with Gasteiger partial charge >= 0.3 is 0 Å². The molecule has 1 aromatic heterocycles. The van der Waals surface area contributed by atoms with Gasteiger partial charge in [-0.15, -0.1) is 11.3 Å². The molecule has 1 atom stereocenters. The maximum atomic E-state index is 5.46. The molecule has 0 bridgehead atoms. The zero-order chi connectivity index (χ0) is 16.8. The molecule has 1 fully saturated rings. The number of thiophene rings is 1. The molecule has 128 valence electrons. The Balaban J connectivity index is 1.59. The normalized spacial score (nSPS) is 17.4. The molecule has 1 saturated heterocycles. The Morgan fingerprint density at radius 1 is 1.12 bits per heavy atom. The second-order valence-electron chi connectivity index (χ2n) is 6.07. The Bertz CT molecular complexity index is 622. The van der Waals surface area contributed by atoms with Crippen molar-refractivity contribution < 1.29 is 0 Å². The van der Waals surface area contributed by atoms with Crippen LogP contribution in [0, 0.1) is 0 Å². The summed E-state index contributed by atoms with van der Waals surface area (Å²) in [5.41, 5.74) is 1.02. The molecule has 0 aliphatic carbocycles. The Morgan fingerprint density at radius 2 is 1.88 bits per heavy atom. The van der Waals surface area contributed by atoms with Crippen LogP contribution in [0.4, 0.5) is 5.69 Å². The second-order valence-corrected chi connectivity index (χ2v) is 7.46. The molecule has 1 aliphatic heterocycles. The van der Waals surface area contributed by atoms with Gasteiger partial charge in [-0.2, -0.15) is 0 Å². The first-order valence-corrected chi connectivity index (χ1v) is 9.57. The van der Waals surface area contributed by atoms with Crippen molar-refractivity contribution in [1.29, 1.82) is 0 Å². The molecule has 24 heavy (non-hydrogen) atoms. The van der Waals surface area contributed by atoms with Crippen LogP contribution < -0.4 is 10.6 Å². The van der Waals surface area contributed by atoms with Gasteiger partial charge in [0, 0.05) is 43.3 Å². The number of nitrogens with zero attached hydrogens (tertiary/aromatic N) is 2. The molecule has 0 spiro atoms. The molecule has 0 radical (unpaired) electrons. The predicted molar refractivity (Wildman–Crippen MR) is 107 cm³/mol. The average Bonchev–Trinajstić information content (AvgIpc) is 3.12. The maximum absolute atomic E-state index is 5.46. The number of anilines is 1. The van der Waals surface area contributed by atoms with E-state index in [2.05, 4.69) is 45.0 Å². The van der Waals surface area contributed by atoms with E-state index in [0.29, 0.717) is 11.2 Å². The summed E-state index contributed by atoms with van der Waals surface area (Å²) in [7, 11) is 2.19. The van der Waals surface area contributed by atoms with Crippen molar-refractivity contribution in [2.75, 3.05) is 45.1 Å². The summed E-state index contributed by atoms with van der Waals surface area (Å²) in [5, 5.41) is 9.48. The number of thiocarbonyl (C=S) groups is 1. The summed E-state index contributed by atoms with van der Waals surface area (Å²) in [5.74, 6) is 0. The SMILES string of the molecule is CN1CCN(C(CNC(=S)Nc2ccccc2)c2cccs2)CC1. The lowest BCUT2D eigenvalue weighted by atomic mass is 10.1. The molecule has 2 aromatic rings. The highest BCUT2D eigenvalue weighted by molar-refractivity contribution is 7.80. The minimum atomic E-state index is 0.370. The van der Waals surface area contributed by atoms with E-state index in [1.54, 1.807) is 0 Å². The number of likely N-dealkylation sites (N-methyl/N-ethyl adjacent to an activating group) is 1. The Hall–Kier alpha value is -1.47.